The normalized spacial score (nSPS) is 16.2. The fourth-order valence-corrected chi connectivity index (χ4v) is 5.80. The number of carbonyl (C=O) groups excluding carboxylic acids is 1. The Hall–Kier alpha value is -1.84. The molecule has 10 heteroatoms. The molecule has 3 rings (SSSR count). The van der Waals surface area contributed by atoms with E-state index in [4.69, 9.17) is 37.9 Å². The lowest BCUT2D eigenvalue weighted by Crippen LogP contribution is -2.47. The van der Waals surface area contributed by atoms with Gasteiger partial charge in [-0.1, -0.05) is 23.2 Å². The molecule has 2 aromatic rings. The van der Waals surface area contributed by atoms with Crippen LogP contribution in [0.3, 0.4) is 0 Å². The van der Waals surface area contributed by atoms with Crippen LogP contribution in [0.15, 0.2) is 47.4 Å². The molecule has 29 heavy (non-hydrogen) atoms. The van der Waals surface area contributed by atoms with Gasteiger partial charge in [0.2, 0.25) is 5.91 Å². The maximum Gasteiger partial charge on any atom is 0.244 e. The van der Waals surface area contributed by atoms with E-state index in [0.717, 1.165) is 0 Å². The summed E-state index contributed by atoms with van der Waals surface area (Å²) in [5.41, 5.74) is 1.52. The topological polar surface area (TPSA) is 102 Å². The summed E-state index contributed by atoms with van der Waals surface area (Å²) in [6, 6.07) is 10.6. The molecule has 1 heterocycles. The molecule has 2 N–H and O–H groups in total. The number of rotatable bonds is 6. The maximum atomic E-state index is 13.3. The van der Waals surface area contributed by atoms with Gasteiger partial charge in [0.15, 0.2) is 9.84 Å². The van der Waals surface area contributed by atoms with Crippen LogP contribution in [-0.2, 0) is 19.4 Å². The minimum atomic E-state index is -3.88. The van der Waals surface area contributed by atoms with E-state index in [1.807, 2.05) is 0 Å². The van der Waals surface area contributed by atoms with E-state index >= 15 is 0 Å². The number of nitrogens with one attached hydrogen (secondary N) is 1. The van der Waals surface area contributed by atoms with Gasteiger partial charge in [-0.2, -0.15) is 0 Å². The Kier molecular flexibility index (Phi) is 6.70. The number of halogens is 2. The fraction of sp³-hybridized carbons (Fsp3) is 0.316. The molecular formula is C19H19Cl2NO6S. The second-order valence-corrected chi connectivity index (χ2v) is 9.91. The van der Waals surface area contributed by atoms with Crippen LogP contribution >= 0.6 is 23.2 Å². The number of hydrogen-bond acceptors (Lipinski definition) is 6. The van der Waals surface area contributed by atoms with Gasteiger partial charge in [0.25, 0.3) is 0 Å². The van der Waals surface area contributed by atoms with Gasteiger partial charge in [-0.05, 0) is 55.3 Å². The van der Waals surface area contributed by atoms with E-state index in [1.165, 1.54) is 29.7 Å². The Bertz CT molecular complexity index is 968. The predicted molar refractivity (Wildman–Crippen MR) is 107 cm³/mol. The van der Waals surface area contributed by atoms with E-state index in [1.54, 1.807) is 18.2 Å². The first-order chi connectivity index (χ1) is 13.8. The molecule has 0 bridgehead atoms. The zero-order valence-corrected chi connectivity index (χ0v) is 17.6. The summed E-state index contributed by atoms with van der Waals surface area (Å²) in [5.74, 6) is 0.0586. The summed E-state index contributed by atoms with van der Waals surface area (Å²) < 4.78 is 36.3. The third-order valence-electron chi connectivity index (χ3n) is 4.79. The van der Waals surface area contributed by atoms with Crippen molar-refractivity contribution in [3.63, 3.8) is 0 Å². The summed E-state index contributed by atoms with van der Waals surface area (Å²) in [6.45, 7) is 0.434. The number of amides is 1. The monoisotopic (exact) mass is 459 g/mol. The molecule has 1 aliphatic heterocycles. The highest BCUT2D eigenvalue weighted by Gasteiger charge is 2.47. The number of ether oxygens (including phenoxy) is 2. The molecule has 0 spiro atoms. The molecule has 156 valence electrons. The molecule has 1 aliphatic rings. The molecule has 0 unspecified atom stereocenters. The molecule has 0 saturated carbocycles. The van der Waals surface area contributed by atoms with Crippen molar-refractivity contribution in [1.82, 2.24) is 5.48 Å². The van der Waals surface area contributed by atoms with Gasteiger partial charge in [-0.3, -0.25) is 10.0 Å². The highest BCUT2D eigenvalue weighted by atomic mass is 35.5. The van der Waals surface area contributed by atoms with Crippen LogP contribution in [0.2, 0.25) is 10.0 Å². The summed E-state index contributed by atoms with van der Waals surface area (Å²) in [4.78, 5) is 11.8. The highest BCUT2D eigenvalue weighted by molar-refractivity contribution is 7.92. The predicted octanol–water partition coefficient (Wildman–Crippen LogP) is 4.00. The summed E-state index contributed by atoms with van der Waals surface area (Å²) >= 11 is 11.9. The van der Waals surface area contributed by atoms with Crippen LogP contribution in [0.25, 0.3) is 0 Å². The Morgan fingerprint density at radius 1 is 1.07 bits per heavy atom. The van der Waals surface area contributed by atoms with E-state index in [9.17, 15) is 13.2 Å². The number of sulfone groups is 1. The van der Waals surface area contributed by atoms with E-state index in [2.05, 4.69) is 0 Å². The van der Waals surface area contributed by atoms with Gasteiger partial charge in [0, 0.05) is 29.7 Å². The van der Waals surface area contributed by atoms with Gasteiger partial charge in [-0.15, -0.1) is 0 Å². The largest absolute Gasteiger partial charge is 0.457 e. The van der Waals surface area contributed by atoms with E-state index in [0.29, 0.717) is 21.5 Å². The minimum Gasteiger partial charge on any atom is -0.457 e. The van der Waals surface area contributed by atoms with Gasteiger partial charge in [0.1, 0.15) is 11.5 Å². The van der Waals surface area contributed by atoms with Crippen molar-refractivity contribution in [3.05, 3.63) is 52.5 Å². The Balaban J connectivity index is 1.87. The van der Waals surface area contributed by atoms with Crippen molar-refractivity contribution >= 4 is 38.9 Å². The maximum absolute atomic E-state index is 13.3. The molecule has 1 fully saturated rings. The number of benzene rings is 2. The summed E-state index contributed by atoms with van der Waals surface area (Å²) in [5, 5.41) is 9.70. The smallest absolute Gasteiger partial charge is 0.244 e. The zero-order valence-electron chi connectivity index (χ0n) is 15.2. The molecular weight excluding hydrogens is 441 g/mol. The molecule has 0 radical (unpaired) electrons. The van der Waals surface area contributed by atoms with Crippen LogP contribution in [0.4, 0.5) is 0 Å². The third-order valence-corrected chi connectivity index (χ3v) is 7.81. The lowest BCUT2D eigenvalue weighted by Gasteiger charge is -2.35. The average molecular weight is 460 g/mol. The van der Waals surface area contributed by atoms with E-state index in [-0.39, 0.29) is 37.4 Å². The SMILES string of the molecule is O=C(CC1(S(=O)(=O)c2ccc(Oc3cc(Cl)cc(Cl)c3)cc2)CCOCC1)NO. The van der Waals surface area contributed by atoms with Crippen LogP contribution in [0.5, 0.6) is 11.5 Å². The van der Waals surface area contributed by atoms with Crippen molar-refractivity contribution in [3.8, 4) is 11.5 Å². The Morgan fingerprint density at radius 2 is 1.66 bits per heavy atom. The number of carbonyl (C=O) groups is 1. The lowest BCUT2D eigenvalue weighted by atomic mass is 9.95. The van der Waals surface area contributed by atoms with Crippen molar-refractivity contribution in [2.45, 2.75) is 28.9 Å². The molecule has 0 aromatic heterocycles. The second kappa shape index (κ2) is 8.89. The Labute approximate surface area is 178 Å². The quantitative estimate of drug-likeness (QED) is 0.499. The van der Waals surface area contributed by atoms with E-state index < -0.39 is 20.5 Å². The van der Waals surface area contributed by atoms with Gasteiger partial charge in [-0.25, -0.2) is 13.9 Å². The molecule has 1 saturated heterocycles. The summed E-state index contributed by atoms with van der Waals surface area (Å²) in [7, 11) is -3.88. The third kappa shape index (κ3) is 4.84. The molecule has 2 aromatic carbocycles. The van der Waals surface area contributed by atoms with Gasteiger partial charge >= 0.3 is 0 Å². The molecule has 0 atom stereocenters. The Morgan fingerprint density at radius 3 is 2.21 bits per heavy atom. The summed E-state index contributed by atoms with van der Waals surface area (Å²) in [6.07, 6.45) is -0.0432. The van der Waals surface area contributed by atoms with Crippen molar-refractivity contribution in [2.24, 2.45) is 0 Å². The molecule has 1 amide bonds. The van der Waals surface area contributed by atoms with Crippen LogP contribution in [-0.4, -0.2) is 37.5 Å². The second-order valence-electron chi connectivity index (χ2n) is 6.69. The zero-order chi connectivity index (χ0) is 21.1. The number of hydroxylamine groups is 1. The van der Waals surface area contributed by atoms with Crippen LogP contribution < -0.4 is 10.2 Å². The molecule has 0 aliphatic carbocycles. The lowest BCUT2D eigenvalue weighted by molar-refractivity contribution is -0.130. The highest BCUT2D eigenvalue weighted by Crippen LogP contribution is 2.38. The average Bonchev–Trinajstić information content (AvgIpc) is 2.68. The van der Waals surface area contributed by atoms with Crippen molar-refractivity contribution < 1.29 is 27.9 Å². The van der Waals surface area contributed by atoms with Gasteiger partial charge in [0.05, 0.1) is 9.64 Å². The minimum absolute atomic E-state index is 0.0571. The van der Waals surface area contributed by atoms with Crippen molar-refractivity contribution in [1.29, 1.82) is 0 Å². The van der Waals surface area contributed by atoms with Crippen molar-refractivity contribution in [2.75, 3.05) is 13.2 Å². The van der Waals surface area contributed by atoms with Crippen LogP contribution in [0, 0.1) is 0 Å². The standard InChI is InChI=1S/C19H19Cl2NO6S/c20-13-9-14(21)11-16(10-13)28-15-1-3-17(4-2-15)29(25,26)19(12-18(23)22-24)5-7-27-8-6-19/h1-4,9-11,24H,5-8,12H2,(H,22,23). The first kappa shape index (κ1) is 21.9. The van der Waals surface area contributed by atoms with Gasteiger partial charge < -0.3 is 9.47 Å². The number of hydrogen-bond donors (Lipinski definition) is 2. The fourth-order valence-electron chi connectivity index (χ4n) is 3.28. The first-order valence-corrected chi connectivity index (χ1v) is 11.0. The first-order valence-electron chi connectivity index (χ1n) is 8.75. The van der Waals surface area contributed by atoms with Crippen LogP contribution in [0.1, 0.15) is 19.3 Å². The molecule has 7 nitrogen and oxygen atoms in total.